The Bertz CT molecular complexity index is 983. The molecule has 1 N–H and O–H groups in total. The summed E-state index contributed by atoms with van der Waals surface area (Å²) in [6.45, 7) is 0. The summed E-state index contributed by atoms with van der Waals surface area (Å²) in [4.78, 5) is 12.7. The lowest BCUT2D eigenvalue weighted by atomic mass is 10.0. The van der Waals surface area contributed by atoms with E-state index in [1.54, 1.807) is 37.5 Å². The average Bonchev–Trinajstić information content (AvgIpc) is 3.12. The van der Waals surface area contributed by atoms with Crippen molar-refractivity contribution in [3.8, 4) is 23.0 Å². The molecule has 0 aliphatic carbocycles. The quantitative estimate of drug-likeness (QED) is 0.531. The summed E-state index contributed by atoms with van der Waals surface area (Å²) in [7, 11) is 4.54. The molecular weight excluding hydrogens is 336 g/mol. The molecule has 6 heteroatoms. The molecule has 26 heavy (non-hydrogen) atoms. The molecule has 3 aromatic rings. The van der Waals surface area contributed by atoms with Crippen molar-refractivity contribution in [2.75, 3.05) is 21.3 Å². The number of hydrogen-bond donors (Lipinski definition) is 1. The standard InChI is InChI=1S/C20H18O6/c1-23-13-6-4-12(17(10-13)24-2)5-7-15(21)19-16(22)11-18-14(8-9-26-18)20(19)25-3/h4-11,22H,1-3H3/b7-5+. The van der Waals surface area contributed by atoms with E-state index in [-0.39, 0.29) is 17.1 Å². The highest BCUT2D eigenvalue weighted by Crippen LogP contribution is 2.37. The summed E-state index contributed by atoms with van der Waals surface area (Å²) in [6, 6.07) is 8.34. The van der Waals surface area contributed by atoms with Crippen LogP contribution in [0.3, 0.4) is 0 Å². The van der Waals surface area contributed by atoms with E-state index >= 15 is 0 Å². The number of carbonyl (C=O) groups excluding carboxylic acids is 1. The fourth-order valence-corrected chi connectivity index (χ4v) is 2.72. The highest BCUT2D eigenvalue weighted by Gasteiger charge is 2.20. The minimum atomic E-state index is -0.402. The fraction of sp³-hybridized carbons (Fsp3) is 0.150. The Morgan fingerprint density at radius 3 is 2.58 bits per heavy atom. The van der Waals surface area contributed by atoms with E-state index in [0.29, 0.717) is 28.0 Å². The molecule has 0 radical (unpaired) electrons. The summed E-state index contributed by atoms with van der Waals surface area (Å²) in [5.41, 5.74) is 1.21. The lowest BCUT2D eigenvalue weighted by Gasteiger charge is -2.09. The van der Waals surface area contributed by atoms with Gasteiger partial charge in [0.15, 0.2) is 5.78 Å². The molecular formula is C20H18O6. The molecule has 0 saturated carbocycles. The van der Waals surface area contributed by atoms with Crippen molar-refractivity contribution in [3.05, 3.63) is 53.8 Å². The van der Waals surface area contributed by atoms with Crippen LogP contribution >= 0.6 is 0 Å². The molecule has 0 saturated heterocycles. The highest BCUT2D eigenvalue weighted by molar-refractivity contribution is 6.13. The zero-order valence-corrected chi connectivity index (χ0v) is 14.6. The molecule has 1 heterocycles. The number of allylic oxidation sites excluding steroid dienone is 1. The molecule has 0 amide bonds. The van der Waals surface area contributed by atoms with E-state index < -0.39 is 5.78 Å². The number of phenols is 1. The molecule has 134 valence electrons. The molecule has 0 atom stereocenters. The predicted octanol–water partition coefficient (Wildman–Crippen LogP) is 4.06. The second-order valence-corrected chi connectivity index (χ2v) is 5.44. The zero-order valence-electron chi connectivity index (χ0n) is 14.6. The largest absolute Gasteiger partial charge is 0.507 e. The maximum atomic E-state index is 12.7. The number of fused-ring (bicyclic) bond motifs is 1. The van der Waals surface area contributed by atoms with Gasteiger partial charge < -0.3 is 23.7 Å². The van der Waals surface area contributed by atoms with Crippen LogP contribution in [0.4, 0.5) is 0 Å². The number of ether oxygens (including phenoxy) is 3. The van der Waals surface area contributed by atoms with Gasteiger partial charge in [0.05, 0.1) is 33.0 Å². The molecule has 0 aliphatic heterocycles. The van der Waals surface area contributed by atoms with Crippen LogP contribution in [0.5, 0.6) is 23.0 Å². The average molecular weight is 354 g/mol. The SMILES string of the molecule is COc1ccc(/C=C/C(=O)c2c(O)cc3occc3c2OC)c(OC)c1. The Balaban J connectivity index is 1.99. The van der Waals surface area contributed by atoms with Gasteiger partial charge in [0.1, 0.15) is 34.1 Å². The van der Waals surface area contributed by atoms with E-state index in [9.17, 15) is 9.90 Å². The molecule has 2 aromatic carbocycles. The number of aromatic hydroxyl groups is 1. The smallest absolute Gasteiger partial charge is 0.193 e. The Hall–Kier alpha value is -3.41. The van der Waals surface area contributed by atoms with E-state index in [1.807, 2.05) is 0 Å². The van der Waals surface area contributed by atoms with E-state index in [4.69, 9.17) is 18.6 Å². The maximum Gasteiger partial charge on any atom is 0.193 e. The number of carbonyl (C=O) groups is 1. The summed E-state index contributed by atoms with van der Waals surface area (Å²) < 4.78 is 21.1. The number of benzene rings is 2. The summed E-state index contributed by atoms with van der Waals surface area (Å²) in [5.74, 6) is 0.871. The second-order valence-electron chi connectivity index (χ2n) is 5.44. The van der Waals surface area contributed by atoms with Crippen LogP contribution in [0.2, 0.25) is 0 Å². The van der Waals surface area contributed by atoms with Gasteiger partial charge in [-0.3, -0.25) is 4.79 Å². The van der Waals surface area contributed by atoms with Gasteiger partial charge in [0, 0.05) is 17.7 Å². The Morgan fingerprint density at radius 1 is 1.08 bits per heavy atom. The van der Waals surface area contributed by atoms with Crippen LogP contribution in [0.25, 0.3) is 17.0 Å². The van der Waals surface area contributed by atoms with Crippen molar-refractivity contribution in [2.24, 2.45) is 0 Å². The molecule has 0 fully saturated rings. The Labute approximate surface area is 150 Å². The first-order valence-electron chi connectivity index (χ1n) is 7.80. The lowest BCUT2D eigenvalue weighted by Crippen LogP contribution is -2.00. The number of hydrogen-bond acceptors (Lipinski definition) is 6. The van der Waals surface area contributed by atoms with E-state index in [0.717, 1.165) is 0 Å². The molecule has 6 nitrogen and oxygen atoms in total. The third-order valence-electron chi connectivity index (χ3n) is 4.00. The van der Waals surface area contributed by atoms with Crippen LogP contribution in [0, 0.1) is 0 Å². The normalized spacial score (nSPS) is 11.0. The summed E-state index contributed by atoms with van der Waals surface area (Å²) >= 11 is 0. The van der Waals surface area contributed by atoms with Gasteiger partial charge in [0.2, 0.25) is 0 Å². The first-order valence-corrected chi connectivity index (χ1v) is 7.80. The third kappa shape index (κ3) is 3.09. The Morgan fingerprint density at radius 2 is 1.88 bits per heavy atom. The maximum absolute atomic E-state index is 12.7. The van der Waals surface area contributed by atoms with Gasteiger partial charge in [-0.05, 0) is 30.4 Å². The predicted molar refractivity (Wildman–Crippen MR) is 97.3 cm³/mol. The fourth-order valence-electron chi connectivity index (χ4n) is 2.72. The van der Waals surface area contributed by atoms with Crippen molar-refractivity contribution < 1.29 is 28.5 Å². The van der Waals surface area contributed by atoms with Gasteiger partial charge in [-0.2, -0.15) is 0 Å². The van der Waals surface area contributed by atoms with Crippen LogP contribution in [-0.2, 0) is 0 Å². The third-order valence-corrected chi connectivity index (χ3v) is 4.00. The monoisotopic (exact) mass is 354 g/mol. The van der Waals surface area contributed by atoms with Crippen molar-refractivity contribution in [2.45, 2.75) is 0 Å². The summed E-state index contributed by atoms with van der Waals surface area (Å²) in [5, 5.41) is 10.9. The van der Waals surface area contributed by atoms with Crippen molar-refractivity contribution in [3.63, 3.8) is 0 Å². The van der Waals surface area contributed by atoms with Crippen LogP contribution < -0.4 is 14.2 Å². The molecule has 3 rings (SSSR count). The molecule has 0 aliphatic rings. The topological polar surface area (TPSA) is 78.1 Å². The van der Waals surface area contributed by atoms with Crippen LogP contribution in [0.1, 0.15) is 15.9 Å². The van der Waals surface area contributed by atoms with E-state index in [2.05, 4.69) is 0 Å². The van der Waals surface area contributed by atoms with Crippen LogP contribution in [0.15, 0.2) is 47.1 Å². The van der Waals surface area contributed by atoms with Gasteiger partial charge in [-0.25, -0.2) is 0 Å². The number of phenolic OH excluding ortho intramolecular Hbond substituents is 1. The summed E-state index contributed by atoms with van der Waals surface area (Å²) in [6.07, 6.45) is 4.44. The number of ketones is 1. The number of furan rings is 1. The van der Waals surface area contributed by atoms with Crippen molar-refractivity contribution >= 4 is 22.8 Å². The minimum Gasteiger partial charge on any atom is -0.507 e. The first-order chi connectivity index (χ1) is 12.6. The molecule has 0 bridgehead atoms. The van der Waals surface area contributed by atoms with Gasteiger partial charge in [0.25, 0.3) is 0 Å². The second kappa shape index (κ2) is 7.23. The number of rotatable bonds is 6. The molecule has 0 spiro atoms. The van der Waals surface area contributed by atoms with Crippen molar-refractivity contribution in [1.29, 1.82) is 0 Å². The lowest BCUT2D eigenvalue weighted by molar-refractivity contribution is 0.104. The molecule has 1 aromatic heterocycles. The highest BCUT2D eigenvalue weighted by atomic mass is 16.5. The number of methoxy groups -OCH3 is 3. The van der Waals surface area contributed by atoms with Gasteiger partial charge in [-0.1, -0.05) is 0 Å². The first kappa shape index (κ1) is 17.4. The van der Waals surface area contributed by atoms with Gasteiger partial charge in [-0.15, -0.1) is 0 Å². The van der Waals surface area contributed by atoms with Crippen molar-refractivity contribution in [1.82, 2.24) is 0 Å². The molecule has 0 unspecified atom stereocenters. The minimum absolute atomic E-state index is 0.0742. The van der Waals surface area contributed by atoms with Crippen LogP contribution in [-0.4, -0.2) is 32.2 Å². The Kier molecular flexibility index (Phi) is 4.84. The zero-order chi connectivity index (χ0) is 18.7. The van der Waals surface area contributed by atoms with Gasteiger partial charge >= 0.3 is 0 Å². The van der Waals surface area contributed by atoms with E-state index in [1.165, 1.54) is 32.6 Å².